The van der Waals surface area contributed by atoms with Gasteiger partial charge in [-0.05, 0) is 58.4 Å². The van der Waals surface area contributed by atoms with E-state index in [-0.39, 0.29) is 18.1 Å². The number of carbonyl (C=O) groups is 1. The van der Waals surface area contributed by atoms with Gasteiger partial charge in [0.15, 0.2) is 0 Å². The van der Waals surface area contributed by atoms with E-state index in [1.165, 1.54) is 0 Å². The van der Waals surface area contributed by atoms with Gasteiger partial charge in [0.2, 0.25) is 0 Å². The largest absolute Gasteiger partial charge is 0.525 e. The SMILES string of the molecule is CC1(C)OB(C(F)=C2CCC(CC(=O)O)C2)OC1(C)C. The molecule has 0 spiro atoms. The molecule has 2 fully saturated rings. The van der Waals surface area contributed by atoms with E-state index in [1.54, 1.807) is 0 Å². The van der Waals surface area contributed by atoms with E-state index in [4.69, 9.17) is 14.4 Å². The number of rotatable bonds is 3. The molecule has 1 saturated carbocycles. The number of hydrogen-bond acceptors (Lipinski definition) is 3. The Kier molecular flexibility index (Phi) is 3.99. The Morgan fingerprint density at radius 2 is 1.90 bits per heavy atom. The zero-order valence-corrected chi connectivity index (χ0v) is 12.5. The number of halogens is 1. The van der Waals surface area contributed by atoms with Crippen molar-refractivity contribution in [2.75, 3.05) is 0 Å². The molecule has 1 saturated heterocycles. The van der Waals surface area contributed by atoms with E-state index in [0.717, 1.165) is 0 Å². The van der Waals surface area contributed by atoms with Gasteiger partial charge in [-0.2, -0.15) is 0 Å². The van der Waals surface area contributed by atoms with E-state index in [2.05, 4.69) is 0 Å². The maximum Gasteiger partial charge on any atom is 0.525 e. The molecule has 0 aromatic carbocycles. The second kappa shape index (κ2) is 5.15. The van der Waals surface area contributed by atoms with Crippen LogP contribution < -0.4 is 0 Å². The third-order valence-corrected chi connectivity index (χ3v) is 4.65. The molecule has 1 heterocycles. The fourth-order valence-corrected chi connectivity index (χ4v) is 2.68. The van der Waals surface area contributed by atoms with Crippen molar-refractivity contribution in [3.05, 3.63) is 11.3 Å². The zero-order chi connectivity index (χ0) is 15.1. The highest BCUT2D eigenvalue weighted by Crippen LogP contribution is 2.42. The first-order valence-electron chi connectivity index (χ1n) is 7.07. The van der Waals surface area contributed by atoms with Gasteiger partial charge in [-0.1, -0.05) is 0 Å². The lowest BCUT2D eigenvalue weighted by molar-refractivity contribution is -0.138. The third-order valence-electron chi connectivity index (χ3n) is 4.65. The Labute approximate surface area is 119 Å². The molecule has 1 atom stereocenters. The summed E-state index contributed by atoms with van der Waals surface area (Å²) < 4.78 is 25.9. The summed E-state index contributed by atoms with van der Waals surface area (Å²) >= 11 is 0. The monoisotopic (exact) mass is 284 g/mol. The lowest BCUT2D eigenvalue weighted by Gasteiger charge is -2.32. The van der Waals surface area contributed by atoms with E-state index in [1.807, 2.05) is 27.7 Å². The van der Waals surface area contributed by atoms with Crippen molar-refractivity contribution in [3.63, 3.8) is 0 Å². The van der Waals surface area contributed by atoms with Gasteiger partial charge in [-0.15, -0.1) is 0 Å². The Bertz CT molecular complexity index is 428. The van der Waals surface area contributed by atoms with Crippen molar-refractivity contribution < 1.29 is 23.6 Å². The highest BCUT2D eigenvalue weighted by Gasteiger charge is 2.53. The van der Waals surface area contributed by atoms with Gasteiger partial charge in [0, 0.05) is 6.42 Å². The van der Waals surface area contributed by atoms with Gasteiger partial charge in [-0.25, -0.2) is 4.39 Å². The van der Waals surface area contributed by atoms with Crippen LogP contribution in [0.3, 0.4) is 0 Å². The number of allylic oxidation sites excluding steroid dienone is 1. The molecule has 1 aliphatic carbocycles. The summed E-state index contributed by atoms with van der Waals surface area (Å²) in [4.78, 5) is 10.7. The molecule has 0 amide bonds. The fourth-order valence-electron chi connectivity index (χ4n) is 2.68. The smallest absolute Gasteiger partial charge is 0.481 e. The minimum atomic E-state index is -0.960. The van der Waals surface area contributed by atoms with Crippen molar-refractivity contribution in [2.45, 2.75) is 64.6 Å². The van der Waals surface area contributed by atoms with Crippen LogP contribution in [0.1, 0.15) is 53.4 Å². The standard InChI is InChI=1S/C14H22BFO4/c1-13(2)14(3,4)20-15(19-13)12(16)10-6-5-9(7-10)8-11(17)18/h9H,5-8H2,1-4H3,(H,17,18). The summed E-state index contributed by atoms with van der Waals surface area (Å²) in [7, 11) is -0.960. The van der Waals surface area contributed by atoms with Crippen molar-refractivity contribution in [3.8, 4) is 0 Å². The van der Waals surface area contributed by atoms with Gasteiger partial charge in [0.25, 0.3) is 0 Å². The zero-order valence-electron chi connectivity index (χ0n) is 12.5. The normalized spacial score (nSPS) is 30.6. The number of aliphatic carboxylic acids is 1. The van der Waals surface area contributed by atoms with Crippen molar-refractivity contribution >= 4 is 13.1 Å². The Hall–Kier alpha value is -0.875. The van der Waals surface area contributed by atoms with Crippen LogP contribution >= 0.6 is 0 Å². The molecule has 2 rings (SSSR count). The minimum Gasteiger partial charge on any atom is -0.481 e. The topological polar surface area (TPSA) is 55.8 Å². The predicted octanol–water partition coefficient (Wildman–Crippen LogP) is 3.12. The van der Waals surface area contributed by atoms with E-state index >= 15 is 0 Å². The number of carboxylic acids is 1. The molecular formula is C14H22BFO4. The molecular weight excluding hydrogens is 262 g/mol. The van der Waals surface area contributed by atoms with Crippen LogP contribution in [0.5, 0.6) is 0 Å². The molecule has 1 N–H and O–H groups in total. The average Bonchev–Trinajstić information content (AvgIpc) is 2.81. The average molecular weight is 284 g/mol. The minimum absolute atomic E-state index is 0.0238. The van der Waals surface area contributed by atoms with Gasteiger partial charge >= 0.3 is 13.1 Å². The van der Waals surface area contributed by atoms with Crippen LogP contribution in [-0.2, 0) is 14.1 Å². The summed E-state index contributed by atoms with van der Waals surface area (Å²) in [5.74, 6) is -0.803. The quantitative estimate of drug-likeness (QED) is 0.809. The summed E-state index contributed by atoms with van der Waals surface area (Å²) in [6, 6.07) is 0. The van der Waals surface area contributed by atoms with Gasteiger partial charge in [-0.3, -0.25) is 4.79 Å². The summed E-state index contributed by atoms with van der Waals surface area (Å²) in [5.41, 5.74) is -0.838. The first-order valence-corrected chi connectivity index (χ1v) is 7.07. The predicted molar refractivity (Wildman–Crippen MR) is 73.8 cm³/mol. The third kappa shape index (κ3) is 2.91. The van der Waals surface area contributed by atoms with Crippen molar-refractivity contribution in [1.29, 1.82) is 0 Å². The Balaban J connectivity index is 2.07. The van der Waals surface area contributed by atoms with Crippen LogP contribution in [-0.4, -0.2) is 29.4 Å². The van der Waals surface area contributed by atoms with Crippen molar-refractivity contribution in [2.24, 2.45) is 5.92 Å². The molecule has 1 unspecified atom stereocenters. The first kappa shape index (κ1) is 15.5. The van der Waals surface area contributed by atoms with Gasteiger partial charge in [0.05, 0.1) is 11.2 Å². The molecule has 0 bridgehead atoms. The van der Waals surface area contributed by atoms with E-state index < -0.39 is 24.3 Å². The van der Waals surface area contributed by atoms with Crippen LogP contribution in [0.25, 0.3) is 0 Å². The molecule has 6 heteroatoms. The highest BCUT2D eigenvalue weighted by atomic mass is 19.1. The molecule has 0 aromatic rings. The lowest BCUT2D eigenvalue weighted by Crippen LogP contribution is -2.41. The number of carboxylic acid groups (broad SMARTS) is 1. The molecule has 0 radical (unpaired) electrons. The molecule has 2 aliphatic rings. The fraction of sp³-hybridized carbons (Fsp3) is 0.786. The van der Waals surface area contributed by atoms with E-state index in [0.29, 0.717) is 24.8 Å². The van der Waals surface area contributed by atoms with Crippen molar-refractivity contribution in [1.82, 2.24) is 0 Å². The highest BCUT2D eigenvalue weighted by molar-refractivity contribution is 6.53. The Morgan fingerprint density at radius 1 is 1.35 bits per heavy atom. The molecule has 112 valence electrons. The van der Waals surface area contributed by atoms with Crippen LogP contribution in [0.4, 0.5) is 4.39 Å². The lowest BCUT2D eigenvalue weighted by atomic mass is 9.84. The molecule has 4 nitrogen and oxygen atoms in total. The number of hydrogen-bond donors (Lipinski definition) is 1. The second-order valence-corrected chi connectivity index (χ2v) is 6.75. The molecule has 20 heavy (non-hydrogen) atoms. The maximum atomic E-state index is 14.5. The van der Waals surface area contributed by atoms with Crippen LogP contribution in [0.15, 0.2) is 11.3 Å². The molecule has 0 aromatic heterocycles. The van der Waals surface area contributed by atoms with E-state index in [9.17, 15) is 9.18 Å². The Morgan fingerprint density at radius 3 is 2.40 bits per heavy atom. The summed E-state index contributed by atoms with van der Waals surface area (Å²) in [5, 5.41) is 8.79. The van der Waals surface area contributed by atoms with Gasteiger partial charge in [0.1, 0.15) is 5.73 Å². The van der Waals surface area contributed by atoms with Crippen LogP contribution in [0, 0.1) is 5.92 Å². The molecule has 1 aliphatic heterocycles. The van der Waals surface area contributed by atoms with Crippen LogP contribution in [0.2, 0.25) is 0 Å². The second-order valence-electron chi connectivity index (χ2n) is 6.75. The maximum absolute atomic E-state index is 14.5. The first-order chi connectivity index (χ1) is 9.12. The van der Waals surface area contributed by atoms with Gasteiger partial charge < -0.3 is 14.4 Å². The summed E-state index contributed by atoms with van der Waals surface area (Å²) in [6.07, 6.45) is 1.89. The summed E-state index contributed by atoms with van der Waals surface area (Å²) in [6.45, 7) is 7.53.